The number of rotatable bonds is 9. The zero-order valence-corrected chi connectivity index (χ0v) is 18.2. The molecule has 5 heteroatoms. The molecule has 0 bridgehead atoms. The molecular weight excluding hydrogens is 430 g/mol. The van der Waals surface area contributed by atoms with Crippen LogP contribution < -0.4 is 14.8 Å². The first kappa shape index (κ1) is 21.2. The number of halogens is 1. The van der Waals surface area contributed by atoms with Crippen molar-refractivity contribution in [2.24, 2.45) is 0 Å². The summed E-state index contributed by atoms with van der Waals surface area (Å²) in [6, 6.07) is 23.5. The summed E-state index contributed by atoms with van der Waals surface area (Å²) in [5.41, 5.74) is 2.94. The molecule has 0 saturated heterocycles. The molecule has 3 rings (SSSR count). The largest absolute Gasteiger partial charge is 0.497 e. The Bertz CT molecular complexity index is 880. The lowest BCUT2D eigenvalue weighted by Crippen LogP contribution is -2.15. The highest BCUT2D eigenvalue weighted by molar-refractivity contribution is 9.10. The molecule has 4 nitrogen and oxygen atoms in total. The predicted octanol–water partition coefficient (Wildman–Crippen LogP) is 6.13. The van der Waals surface area contributed by atoms with Crippen molar-refractivity contribution in [3.63, 3.8) is 0 Å². The van der Waals surface area contributed by atoms with Crippen LogP contribution in [0.3, 0.4) is 0 Å². The van der Waals surface area contributed by atoms with Gasteiger partial charge in [-0.2, -0.15) is 0 Å². The van der Waals surface area contributed by atoms with Gasteiger partial charge in [-0.05, 0) is 66.6 Å². The number of hydrogen-bond donors (Lipinski definition) is 2. The van der Waals surface area contributed by atoms with Crippen molar-refractivity contribution in [3.8, 4) is 11.5 Å². The molecular formula is C24H26BrNO3. The molecule has 0 saturated carbocycles. The summed E-state index contributed by atoms with van der Waals surface area (Å²) in [5.74, 6) is 1.62. The third kappa shape index (κ3) is 5.99. The zero-order chi connectivity index (χ0) is 20.6. The molecule has 0 radical (unpaired) electrons. The molecule has 0 fully saturated rings. The summed E-state index contributed by atoms with van der Waals surface area (Å²) in [6.45, 7) is 2.60. The van der Waals surface area contributed by atoms with Crippen molar-refractivity contribution >= 4 is 21.6 Å². The maximum absolute atomic E-state index is 10.9. The van der Waals surface area contributed by atoms with Crippen molar-refractivity contribution in [2.75, 3.05) is 19.0 Å². The van der Waals surface area contributed by atoms with Crippen molar-refractivity contribution < 1.29 is 14.6 Å². The molecule has 0 aliphatic rings. The van der Waals surface area contributed by atoms with Crippen LogP contribution in [-0.4, -0.2) is 18.8 Å². The Hall–Kier alpha value is -2.50. The molecule has 0 aromatic heterocycles. The first-order chi connectivity index (χ1) is 14.1. The van der Waals surface area contributed by atoms with Gasteiger partial charge < -0.3 is 19.9 Å². The number of nitrogens with one attached hydrogen (secondary N) is 1. The van der Waals surface area contributed by atoms with Crippen LogP contribution in [0, 0.1) is 0 Å². The topological polar surface area (TPSA) is 50.7 Å². The molecule has 0 heterocycles. The molecule has 0 spiro atoms. The van der Waals surface area contributed by atoms with Crippen LogP contribution in [0.15, 0.2) is 77.3 Å². The lowest BCUT2D eigenvalue weighted by Gasteiger charge is -2.24. The SMILES string of the molecule is CCOc1ccc(C(CC(O)c2ccc(OC)cc2)Nc2ccc(Br)cc2)cc1. The zero-order valence-electron chi connectivity index (χ0n) is 16.6. The van der Waals surface area contributed by atoms with E-state index in [0.29, 0.717) is 13.0 Å². The minimum Gasteiger partial charge on any atom is -0.497 e. The number of hydrogen-bond acceptors (Lipinski definition) is 4. The van der Waals surface area contributed by atoms with Gasteiger partial charge >= 0.3 is 0 Å². The molecule has 29 heavy (non-hydrogen) atoms. The highest BCUT2D eigenvalue weighted by Gasteiger charge is 2.18. The second kappa shape index (κ2) is 10.3. The first-order valence-corrected chi connectivity index (χ1v) is 10.4. The van der Waals surface area contributed by atoms with E-state index in [1.165, 1.54) is 0 Å². The lowest BCUT2D eigenvalue weighted by molar-refractivity contribution is 0.160. The number of benzene rings is 3. The average molecular weight is 456 g/mol. The van der Waals surface area contributed by atoms with Gasteiger partial charge in [-0.25, -0.2) is 0 Å². The van der Waals surface area contributed by atoms with Crippen molar-refractivity contribution in [1.82, 2.24) is 0 Å². The molecule has 3 aromatic rings. The second-order valence-corrected chi connectivity index (χ2v) is 7.65. The van der Waals surface area contributed by atoms with E-state index < -0.39 is 6.10 Å². The third-order valence-electron chi connectivity index (χ3n) is 4.74. The van der Waals surface area contributed by atoms with E-state index in [9.17, 15) is 5.11 Å². The molecule has 2 N–H and O–H groups in total. The van der Waals surface area contributed by atoms with Gasteiger partial charge in [0.05, 0.1) is 25.9 Å². The average Bonchev–Trinajstić information content (AvgIpc) is 2.75. The highest BCUT2D eigenvalue weighted by Crippen LogP contribution is 2.31. The Kier molecular flexibility index (Phi) is 7.55. The van der Waals surface area contributed by atoms with Crippen molar-refractivity contribution in [1.29, 1.82) is 0 Å². The number of anilines is 1. The van der Waals surface area contributed by atoms with Crippen molar-refractivity contribution in [3.05, 3.63) is 88.4 Å². The summed E-state index contributed by atoms with van der Waals surface area (Å²) < 4.78 is 11.8. The van der Waals surface area contributed by atoms with E-state index in [1.807, 2.05) is 79.7 Å². The van der Waals surface area contributed by atoms with Crippen LogP contribution >= 0.6 is 15.9 Å². The minimum atomic E-state index is -0.611. The summed E-state index contributed by atoms with van der Waals surface area (Å²) in [4.78, 5) is 0. The van der Waals surface area contributed by atoms with Gasteiger partial charge in [0.2, 0.25) is 0 Å². The number of ether oxygens (including phenoxy) is 2. The smallest absolute Gasteiger partial charge is 0.119 e. The van der Waals surface area contributed by atoms with E-state index in [-0.39, 0.29) is 6.04 Å². The van der Waals surface area contributed by atoms with E-state index in [1.54, 1.807) is 7.11 Å². The van der Waals surface area contributed by atoms with E-state index >= 15 is 0 Å². The molecule has 0 aliphatic heterocycles. The number of aliphatic hydroxyl groups is 1. The maximum Gasteiger partial charge on any atom is 0.119 e. The Morgan fingerprint density at radius 3 is 2.03 bits per heavy atom. The second-order valence-electron chi connectivity index (χ2n) is 6.73. The summed E-state index contributed by atoms with van der Waals surface area (Å²) >= 11 is 3.47. The monoisotopic (exact) mass is 455 g/mol. The Balaban J connectivity index is 1.81. The minimum absolute atomic E-state index is 0.0658. The fourth-order valence-electron chi connectivity index (χ4n) is 3.17. The van der Waals surface area contributed by atoms with Gasteiger partial charge in [0, 0.05) is 16.6 Å². The summed E-state index contributed by atoms with van der Waals surface area (Å²) in [5, 5.41) is 14.4. The number of aliphatic hydroxyl groups excluding tert-OH is 1. The van der Waals surface area contributed by atoms with E-state index in [4.69, 9.17) is 9.47 Å². The number of methoxy groups -OCH3 is 1. The van der Waals surface area contributed by atoms with Gasteiger partial charge in [-0.15, -0.1) is 0 Å². The molecule has 0 aliphatic carbocycles. The summed E-state index contributed by atoms with van der Waals surface area (Å²) in [7, 11) is 1.63. The van der Waals surface area contributed by atoms with Gasteiger partial charge in [0.15, 0.2) is 0 Å². The Morgan fingerprint density at radius 1 is 0.862 bits per heavy atom. The highest BCUT2D eigenvalue weighted by atomic mass is 79.9. The quantitative estimate of drug-likeness (QED) is 0.407. The van der Waals surface area contributed by atoms with Crippen LogP contribution in [-0.2, 0) is 0 Å². The normalized spacial score (nSPS) is 12.8. The molecule has 2 unspecified atom stereocenters. The molecule has 2 atom stereocenters. The Morgan fingerprint density at radius 2 is 1.45 bits per heavy atom. The van der Waals surface area contributed by atoms with Crippen LogP contribution in [0.2, 0.25) is 0 Å². The van der Waals surface area contributed by atoms with Crippen molar-refractivity contribution in [2.45, 2.75) is 25.5 Å². The fourth-order valence-corrected chi connectivity index (χ4v) is 3.44. The maximum atomic E-state index is 10.9. The Labute approximate surface area is 180 Å². The van der Waals surface area contributed by atoms with Gasteiger partial charge in [-0.3, -0.25) is 0 Å². The van der Waals surface area contributed by atoms with Crippen LogP contribution in [0.4, 0.5) is 5.69 Å². The molecule has 152 valence electrons. The van der Waals surface area contributed by atoms with Crippen LogP contribution in [0.25, 0.3) is 0 Å². The van der Waals surface area contributed by atoms with E-state index in [2.05, 4.69) is 21.2 Å². The fraction of sp³-hybridized carbons (Fsp3) is 0.250. The lowest BCUT2D eigenvalue weighted by atomic mass is 9.96. The molecule has 0 amide bonds. The van der Waals surface area contributed by atoms with Crippen LogP contribution in [0.5, 0.6) is 11.5 Å². The third-order valence-corrected chi connectivity index (χ3v) is 5.27. The van der Waals surface area contributed by atoms with Gasteiger partial charge in [-0.1, -0.05) is 40.2 Å². The standard InChI is InChI=1S/C24H26BrNO3/c1-3-29-22-14-4-17(5-15-22)23(26-20-10-8-19(25)9-11-20)16-24(27)18-6-12-21(28-2)13-7-18/h4-15,23-24,26-27H,3,16H2,1-2H3. The first-order valence-electron chi connectivity index (χ1n) is 9.66. The predicted molar refractivity (Wildman–Crippen MR) is 121 cm³/mol. The van der Waals surface area contributed by atoms with E-state index in [0.717, 1.165) is 32.8 Å². The van der Waals surface area contributed by atoms with Gasteiger partial charge in [0.1, 0.15) is 11.5 Å². The van der Waals surface area contributed by atoms with Gasteiger partial charge in [0.25, 0.3) is 0 Å². The molecule has 3 aromatic carbocycles. The summed E-state index contributed by atoms with van der Waals surface area (Å²) in [6.07, 6.45) is -0.0865. The van der Waals surface area contributed by atoms with Crippen LogP contribution in [0.1, 0.15) is 36.6 Å².